The van der Waals surface area contributed by atoms with Crippen molar-refractivity contribution in [3.63, 3.8) is 0 Å². The van der Waals surface area contributed by atoms with E-state index in [1.165, 1.54) is 0 Å². The first-order chi connectivity index (χ1) is 8.63. The molecule has 2 rings (SSSR count). The van der Waals surface area contributed by atoms with Crippen molar-refractivity contribution in [1.29, 1.82) is 0 Å². The fourth-order valence-electron chi connectivity index (χ4n) is 2.41. The Bertz CT molecular complexity index is 535. The van der Waals surface area contributed by atoms with E-state index in [2.05, 4.69) is 0 Å². The van der Waals surface area contributed by atoms with Crippen LogP contribution in [-0.4, -0.2) is 39.9 Å². The summed E-state index contributed by atoms with van der Waals surface area (Å²) in [6.07, 6.45) is 0.0374. The molecule has 1 saturated carbocycles. The Morgan fingerprint density at radius 2 is 1.79 bits per heavy atom. The van der Waals surface area contributed by atoms with Gasteiger partial charge in [0.05, 0.1) is 26.7 Å². The van der Waals surface area contributed by atoms with Gasteiger partial charge in [-0.25, -0.2) is 0 Å². The molecule has 92 valence electrons. The fourth-order valence-corrected chi connectivity index (χ4v) is 2.70. The maximum atomic E-state index is 12.4. The predicted octanol–water partition coefficient (Wildman–Crippen LogP) is 0.167. The van der Waals surface area contributed by atoms with Crippen LogP contribution < -0.4 is 5.73 Å². The molecule has 7 heteroatoms. The number of carbonyl (C=O) groups is 1. The van der Waals surface area contributed by atoms with Gasteiger partial charge in [0, 0.05) is 5.02 Å². The number of Topliss-reactive ketones (excluding diaryl/α,β-unsaturated/α-hetero) is 1. The molecule has 0 spiro atoms. The molecule has 0 aliphatic heterocycles. The van der Waals surface area contributed by atoms with Crippen LogP contribution in [0.4, 0.5) is 0 Å². The Balaban J connectivity index is 2.66. The lowest BCUT2D eigenvalue weighted by Gasteiger charge is -2.52. The number of carbonyl (C=O) groups excluding carboxylic acids is 1. The van der Waals surface area contributed by atoms with E-state index in [-0.39, 0.29) is 23.4 Å². The van der Waals surface area contributed by atoms with Crippen LogP contribution in [0.15, 0.2) is 24.3 Å². The summed E-state index contributed by atoms with van der Waals surface area (Å²) >= 11 is 6.07. The van der Waals surface area contributed by atoms with Gasteiger partial charge in [0.25, 0.3) is 0 Å². The van der Waals surface area contributed by atoms with E-state index in [1.807, 2.05) is 0 Å². The smallest absolute Gasteiger partial charge is 0.178 e. The molecule has 0 aromatic heterocycles. The van der Waals surface area contributed by atoms with E-state index < -0.39 is 22.0 Å². The molecule has 2 unspecified atom stereocenters. The highest BCUT2D eigenvalue weighted by Crippen LogP contribution is 2.51. The predicted molar refractivity (Wildman–Crippen MR) is 76.5 cm³/mol. The van der Waals surface area contributed by atoms with Crippen LogP contribution in [0.5, 0.6) is 0 Å². The number of rotatable bonds is 1. The van der Waals surface area contributed by atoms with Crippen molar-refractivity contribution in [3.05, 3.63) is 34.9 Å². The van der Waals surface area contributed by atoms with Gasteiger partial charge in [-0.3, -0.25) is 4.79 Å². The molecule has 19 heavy (non-hydrogen) atoms. The van der Waals surface area contributed by atoms with Crippen molar-refractivity contribution in [2.24, 2.45) is 5.73 Å². The average Bonchev–Trinajstić information content (AvgIpc) is 2.34. The Kier molecular flexibility index (Phi) is 3.41. The third-order valence-corrected chi connectivity index (χ3v) is 4.03. The lowest BCUT2D eigenvalue weighted by Crippen LogP contribution is -2.66. The zero-order chi connectivity index (χ0) is 14.5. The molecule has 1 aliphatic rings. The van der Waals surface area contributed by atoms with Gasteiger partial charge in [-0.15, -0.1) is 0 Å². The summed E-state index contributed by atoms with van der Waals surface area (Å²) in [7, 11) is 17.5. The second kappa shape index (κ2) is 4.40. The van der Waals surface area contributed by atoms with Crippen LogP contribution in [0.25, 0.3) is 0 Å². The SMILES string of the molecule is [B]C1(O)CCC([B])([B])C(N)(c2ccccc2Cl)C1=O. The summed E-state index contributed by atoms with van der Waals surface area (Å²) in [5.74, 6) is -0.829. The van der Waals surface area contributed by atoms with E-state index in [9.17, 15) is 9.90 Å². The highest BCUT2D eigenvalue weighted by molar-refractivity contribution is 6.45. The molecule has 1 aromatic rings. The van der Waals surface area contributed by atoms with Crippen LogP contribution in [0.1, 0.15) is 18.4 Å². The third kappa shape index (κ3) is 2.06. The number of hydrogen-bond acceptors (Lipinski definition) is 3. The normalized spacial score (nSPS) is 34.2. The zero-order valence-corrected chi connectivity index (χ0v) is 11.0. The van der Waals surface area contributed by atoms with Crippen molar-refractivity contribution in [3.8, 4) is 0 Å². The monoisotopic (exact) mass is 269 g/mol. The molecule has 3 nitrogen and oxygen atoms in total. The Labute approximate surface area is 121 Å². The molecule has 0 heterocycles. The molecule has 0 amide bonds. The first-order valence-electron chi connectivity index (χ1n) is 5.81. The van der Waals surface area contributed by atoms with E-state index in [0.29, 0.717) is 0 Å². The second-order valence-corrected chi connectivity index (χ2v) is 5.49. The zero-order valence-electron chi connectivity index (χ0n) is 10.3. The molecule has 0 saturated heterocycles. The minimum Gasteiger partial charge on any atom is -0.392 e. The quantitative estimate of drug-likeness (QED) is 0.714. The molecular weight excluding hydrogens is 258 g/mol. The minimum absolute atomic E-state index is 0.0533. The standard InChI is InChI=1S/C12H11B3ClNO2/c13-10(19)5-6-11(14,15)12(17,9(10)18)7-3-1-2-4-8(7)16/h1-4,19H,5-6,17H2. The van der Waals surface area contributed by atoms with Crippen molar-refractivity contribution in [2.45, 2.75) is 29.1 Å². The first kappa shape index (κ1) is 14.7. The molecule has 1 aliphatic carbocycles. The molecule has 0 bridgehead atoms. The van der Waals surface area contributed by atoms with Gasteiger partial charge in [0.1, 0.15) is 7.85 Å². The Morgan fingerprint density at radius 3 is 2.37 bits per heavy atom. The van der Waals surface area contributed by atoms with E-state index >= 15 is 0 Å². The highest BCUT2D eigenvalue weighted by atomic mass is 35.5. The second-order valence-electron chi connectivity index (χ2n) is 5.08. The largest absolute Gasteiger partial charge is 0.392 e. The summed E-state index contributed by atoms with van der Waals surface area (Å²) in [6.45, 7) is 0. The molecule has 2 atom stereocenters. The van der Waals surface area contributed by atoms with Crippen molar-refractivity contribution in [2.75, 3.05) is 0 Å². The molecule has 3 N–H and O–H groups in total. The highest BCUT2D eigenvalue weighted by Gasteiger charge is 2.57. The van der Waals surface area contributed by atoms with Crippen LogP contribution in [0.3, 0.4) is 0 Å². The number of halogens is 1. The van der Waals surface area contributed by atoms with Gasteiger partial charge in [-0.05, 0) is 18.1 Å². The van der Waals surface area contributed by atoms with Gasteiger partial charge < -0.3 is 10.8 Å². The fraction of sp³-hybridized carbons (Fsp3) is 0.417. The maximum absolute atomic E-state index is 12.4. The summed E-state index contributed by atoms with van der Waals surface area (Å²) in [6, 6.07) is 6.46. The number of nitrogens with two attached hydrogens (primary N) is 1. The molecule has 1 fully saturated rings. The lowest BCUT2D eigenvalue weighted by molar-refractivity contribution is -0.140. The topological polar surface area (TPSA) is 63.3 Å². The van der Waals surface area contributed by atoms with Crippen LogP contribution in [0.2, 0.25) is 10.2 Å². The number of aliphatic hydroxyl groups is 1. The Morgan fingerprint density at radius 1 is 1.21 bits per heavy atom. The lowest BCUT2D eigenvalue weighted by atomic mass is 9.36. The molecule has 6 radical (unpaired) electrons. The number of benzene rings is 1. The van der Waals surface area contributed by atoms with Gasteiger partial charge in [0.2, 0.25) is 0 Å². The summed E-state index contributed by atoms with van der Waals surface area (Å²) in [5, 5.41) is 8.66. The van der Waals surface area contributed by atoms with Gasteiger partial charge in [-0.1, -0.05) is 41.4 Å². The third-order valence-electron chi connectivity index (χ3n) is 3.70. The van der Waals surface area contributed by atoms with Crippen molar-refractivity contribution >= 4 is 40.9 Å². The summed E-state index contributed by atoms with van der Waals surface area (Å²) in [4.78, 5) is 12.4. The minimum atomic E-state index is -2.06. The van der Waals surface area contributed by atoms with Crippen molar-refractivity contribution in [1.82, 2.24) is 0 Å². The van der Waals surface area contributed by atoms with Crippen molar-refractivity contribution < 1.29 is 9.90 Å². The van der Waals surface area contributed by atoms with Gasteiger partial charge in [-0.2, -0.15) is 0 Å². The van der Waals surface area contributed by atoms with Crippen LogP contribution in [-0.2, 0) is 10.3 Å². The average molecular weight is 269 g/mol. The van der Waals surface area contributed by atoms with Crippen LogP contribution in [0, 0.1) is 0 Å². The van der Waals surface area contributed by atoms with E-state index in [4.69, 9.17) is 40.9 Å². The van der Waals surface area contributed by atoms with Gasteiger partial charge in [0.15, 0.2) is 5.78 Å². The summed E-state index contributed by atoms with van der Waals surface area (Å²) in [5.41, 5.74) is 2.51. The first-order valence-corrected chi connectivity index (χ1v) is 6.18. The number of hydrogen-bond donors (Lipinski definition) is 2. The Hall–Kier alpha value is -0.705. The number of ketones is 1. The molecular formula is C12H11B3ClNO2. The van der Waals surface area contributed by atoms with Gasteiger partial charge >= 0.3 is 0 Å². The maximum Gasteiger partial charge on any atom is 0.178 e. The van der Waals surface area contributed by atoms with Crippen LogP contribution >= 0.6 is 11.6 Å². The molecule has 1 aromatic carbocycles. The van der Waals surface area contributed by atoms with E-state index in [1.54, 1.807) is 24.3 Å². The van der Waals surface area contributed by atoms with E-state index in [0.717, 1.165) is 0 Å². The summed E-state index contributed by atoms with van der Waals surface area (Å²) < 4.78 is 0.